The second-order valence-electron chi connectivity index (χ2n) is 5.81. The van der Waals surface area contributed by atoms with Gasteiger partial charge in [-0.05, 0) is 42.0 Å². The summed E-state index contributed by atoms with van der Waals surface area (Å²) in [6, 6.07) is 19.2. The molecule has 0 aliphatic carbocycles. The molecule has 1 amide bonds. The zero-order valence-electron chi connectivity index (χ0n) is 13.8. The second kappa shape index (κ2) is 6.76. The number of pyridine rings is 1. The van der Waals surface area contributed by atoms with Crippen LogP contribution in [0.4, 0.5) is 4.39 Å². The van der Waals surface area contributed by atoms with Gasteiger partial charge in [0.15, 0.2) is 11.5 Å². The minimum absolute atomic E-state index is 0.225. The van der Waals surface area contributed by atoms with Gasteiger partial charge in [0, 0.05) is 18.3 Å². The van der Waals surface area contributed by atoms with Crippen LogP contribution in [0.1, 0.15) is 15.9 Å². The smallest absolute Gasteiger partial charge is 0.255 e. The number of nitrogens with zero attached hydrogens (tertiary/aromatic N) is 3. The summed E-state index contributed by atoms with van der Waals surface area (Å²) in [7, 11) is 0. The fourth-order valence-electron chi connectivity index (χ4n) is 2.76. The predicted octanol–water partition coefficient (Wildman–Crippen LogP) is 3.47. The van der Waals surface area contributed by atoms with Crippen molar-refractivity contribution in [3.05, 3.63) is 89.9 Å². The number of halogens is 1. The van der Waals surface area contributed by atoms with Gasteiger partial charge in [-0.2, -0.15) is 0 Å². The van der Waals surface area contributed by atoms with Crippen LogP contribution in [0.25, 0.3) is 17.0 Å². The third kappa shape index (κ3) is 3.04. The Kier molecular flexibility index (Phi) is 4.15. The van der Waals surface area contributed by atoms with Gasteiger partial charge in [0.05, 0.1) is 5.56 Å². The normalized spacial score (nSPS) is 10.8. The molecule has 2 aromatic carbocycles. The Morgan fingerprint density at radius 3 is 2.50 bits per heavy atom. The molecule has 0 atom stereocenters. The monoisotopic (exact) mass is 346 g/mol. The average Bonchev–Trinajstić information content (AvgIpc) is 3.12. The largest absolute Gasteiger partial charge is 0.348 e. The quantitative estimate of drug-likeness (QED) is 0.616. The van der Waals surface area contributed by atoms with E-state index in [-0.39, 0.29) is 11.7 Å². The Hall–Kier alpha value is -3.54. The first-order valence-electron chi connectivity index (χ1n) is 8.14. The highest BCUT2D eigenvalue weighted by atomic mass is 19.1. The summed E-state index contributed by atoms with van der Waals surface area (Å²) < 4.78 is 14.9. The molecule has 2 heterocycles. The number of carbonyl (C=O) groups excluding carboxylic acids is 1. The van der Waals surface area contributed by atoms with E-state index < -0.39 is 0 Å². The zero-order chi connectivity index (χ0) is 17.9. The van der Waals surface area contributed by atoms with Gasteiger partial charge in [0.2, 0.25) is 0 Å². The van der Waals surface area contributed by atoms with Gasteiger partial charge >= 0.3 is 0 Å². The summed E-state index contributed by atoms with van der Waals surface area (Å²) in [5.41, 5.74) is 2.63. The van der Waals surface area contributed by atoms with Gasteiger partial charge in [-0.1, -0.05) is 30.3 Å². The van der Waals surface area contributed by atoms with Crippen LogP contribution >= 0.6 is 0 Å². The molecule has 0 saturated heterocycles. The van der Waals surface area contributed by atoms with Crippen LogP contribution in [0, 0.1) is 5.82 Å². The standard InChI is InChI=1S/C20H15FN4O/c21-16-10-8-15(9-11-16)18-23-24-19-17(7-4-12-25(18)19)20(26)22-13-14-5-2-1-3-6-14/h1-12H,13H2,(H,22,26). The molecule has 0 bridgehead atoms. The summed E-state index contributed by atoms with van der Waals surface area (Å²) >= 11 is 0. The van der Waals surface area contributed by atoms with Crippen LogP contribution in [0.2, 0.25) is 0 Å². The maximum Gasteiger partial charge on any atom is 0.255 e. The van der Waals surface area contributed by atoms with Crippen LogP contribution in [-0.2, 0) is 6.54 Å². The molecule has 6 heteroatoms. The molecule has 0 aliphatic rings. The van der Waals surface area contributed by atoms with Crippen molar-refractivity contribution >= 4 is 11.6 Å². The van der Waals surface area contributed by atoms with Crippen molar-refractivity contribution in [2.45, 2.75) is 6.54 Å². The third-order valence-corrected chi connectivity index (χ3v) is 4.08. The first-order chi connectivity index (χ1) is 12.7. The average molecular weight is 346 g/mol. The molecule has 0 aliphatic heterocycles. The van der Waals surface area contributed by atoms with Crippen molar-refractivity contribution in [3.63, 3.8) is 0 Å². The topological polar surface area (TPSA) is 59.3 Å². The lowest BCUT2D eigenvalue weighted by molar-refractivity contribution is 0.0952. The summed E-state index contributed by atoms with van der Waals surface area (Å²) in [4.78, 5) is 12.6. The zero-order valence-corrected chi connectivity index (χ0v) is 13.8. The van der Waals surface area contributed by atoms with Crippen molar-refractivity contribution in [2.24, 2.45) is 0 Å². The Bertz CT molecular complexity index is 1060. The maximum atomic E-state index is 13.1. The van der Waals surface area contributed by atoms with E-state index in [0.29, 0.717) is 23.6 Å². The molecular formula is C20H15FN4O. The molecule has 0 unspecified atom stereocenters. The lowest BCUT2D eigenvalue weighted by Crippen LogP contribution is -2.23. The summed E-state index contributed by atoms with van der Waals surface area (Å²) in [6.45, 7) is 0.430. The van der Waals surface area contributed by atoms with E-state index in [1.807, 2.05) is 30.3 Å². The van der Waals surface area contributed by atoms with Gasteiger partial charge in [0.25, 0.3) is 5.91 Å². The summed E-state index contributed by atoms with van der Waals surface area (Å²) in [5.74, 6) is 0.0127. The number of rotatable bonds is 4. The maximum absolute atomic E-state index is 13.1. The van der Waals surface area contributed by atoms with Crippen LogP contribution < -0.4 is 5.32 Å². The number of hydrogen-bond donors (Lipinski definition) is 1. The van der Waals surface area contributed by atoms with Crippen molar-refractivity contribution in [1.29, 1.82) is 0 Å². The highest BCUT2D eigenvalue weighted by molar-refractivity contribution is 5.99. The molecule has 2 aromatic heterocycles. The fourth-order valence-corrected chi connectivity index (χ4v) is 2.76. The van der Waals surface area contributed by atoms with Gasteiger partial charge in [-0.25, -0.2) is 4.39 Å². The molecule has 26 heavy (non-hydrogen) atoms. The first kappa shape index (κ1) is 16.0. The SMILES string of the molecule is O=C(NCc1ccccc1)c1cccn2c(-c3ccc(F)cc3)nnc12. The number of nitrogens with one attached hydrogen (secondary N) is 1. The van der Waals surface area contributed by atoms with E-state index >= 15 is 0 Å². The Morgan fingerprint density at radius 1 is 0.962 bits per heavy atom. The van der Waals surface area contributed by atoms with E-state index in [1.54, 1.807) is 34.9 Å². The molecule has 5 nitrogen and oxygen atoms in total. The second-order valence-corrected chi connectivity index (χ2v) is 5.81. The highest BCUT2D eigenvalue weighted by Crippen LogP contribution is 2.20. The van der Waals surface area contributed by atoms with Crippen LogP contribution in [0.5, 0.6) is 0 Å². The molecule has 0 saturated carbocycles. The minimum atomic E-state index is -0.316. The van der Waals surface area contributed by atoms with E-state index in [0.717, 1.165) is 11.1 Å². The number of benzene rings is 2. The van der Waals surface area contributed by atoms with Gasteiger partial charge in [-0.15, -0.1) is 10.2 Å². The molecule has 0 radical (unpaired) electrons. The molecule has 0 fully saturated rings. The van der Waals surface area contributed by atoms with Crippen molar-refractivity contribution < 1.29 is 9.18 Å². The minimum Gasteiger partial charge on any atom is -0.348 e. The summed E-state index contributed by atoms with van der Waals surface area (Å²) in [5, 5.41) is 11.2. The van der Waals surface area contributed by atoms with Crippen LogP contribution in [-0.4, -0.2) is 20.5 Å². The number of aromatic nitrogens is 3. The number of carbonyl (C=O) groups is 1. The van der Waals surface area contributed by atoms with Crippen LogP contribution in [0.3, 0.4) is 0 Å². The third-order valence-electron chi connectivity index (χ3n) is 4.08. The Morgan fingerprint density at radius 2 is 1.73 bits per heavy atom. The lowest BCUT2D eigenvalue weighted by atomic mass is 10.2. The van der Waals surface area contributed by atoms with E-state index in [2.05, 4.69) is 15.5 Å². The number of fused-ring (bicyclic) bond motifs is 1. The van der Waals surface area contributed by atoms with Gasteiger partial charge < -0.3 is 5.32 Å². The first-order valence-corrected chi connectivity index (χ1v) is 8.14. The Balaban J connectivity index is 1.64. The molecular weight excluding hydrogens is 331 g/mol. The van der Waals surface area contributed by atoms with Crippen molar-refractivity contribution in [1.82, 2.24) is 19.9 Å². The highest BCUT2D eigenvalue weighted by Gasteiger charge is 2.15. The van der Waals surface area contributed by atoms with E-state index in [1.165, 1.54) is 12.1 Å². The molecule has 128 valence electrons. The lowest BCUT2D eigenvalue weighted by Gasteiger charge is -2.07. The van der Waals surface area contributed by atoms with Gasteiger partial charge in [0.1, 0.15) is 5.82 Å². The van der Waals surface area contributed by atoms with Crippen LogP contribution in [0.15, 0.2) is 72.9 Å². The molecule has 0 spiro atoms. The molecule has 4 aromatic rings. The number of amides is 1. The Labute approximate surface area is 149 Å². The van der Waals surface area contributed by atoms with E-state index in [9.17, 15) is 9.18 Å². The van der Waals surface area contributed by atoms with Crippen molar-refractivity contribution in [3.8, 4) is 11.4 Å². The predicted molar refractivity (Wildman–Crippen MR) is 96.0 cm³/mol. The fraction of sp³-hybridized carbons (Fsp3) is 0.0500. The molecule has 1 N–H and O–H groups in total. The van der Waals surface area contributed by atoms with Crippen molar-refractivity contribution in [2.75, 3.05) is 0 Å². The van der Waals surface area contributed by atoms with E-state index in [4.69, 9.17) is 0 Å². The summed E-state index contributed by atoms with van der Waals surface area (Å²) in [6.07, 6.45) is 1.78. The molecule has 4 rings (SSSR count). The van der Waals surface area contributed by atoms with Gasteiger partial charge in [-0.3, -0.25) is 9.20 Å². The number of hydrogen-bond acceptors (Lipinski definition) is 3.